The monoisotopic (exact) mass is 462 g/mol. The number of rotatable bonds is 9. The lowest BCUT2D eigenvalue weighted by molar-refractivity contribution is -0.169. The first-order chi connectivity index (χ1) is 15.7. The van der Waals surface area contributed by atoms with Crippen LogP contribution < -0.4 is 0 Å². The van der Waals surface area contributed by atoms with Crippen molar-refractivity contribution in [2.24, 2.45) is 23.2 Å². The van der Waals surface area contributed by atoms with Crippen LogP contribution >= 0.6 is 0 Å². The first kappa shape index (κ1) is 26.0. The predicted molar refractivity (Wildman–Crippen MR) is 126 cm³/mol. The molecule has 2 N–H and O–H groups in total. The van der Waals surface area contributed by atoms with Crippen molar-refractivity contribution in [1.82, 2.24) is 0 Å². The quantitative estimate of drug-likeness (QED) is 0.491. The second-order valence-electron chi connectivity index (χ2n) is 10.4. The molecular weight excluding hydrogens is 420 g/mol. The van der Waals surface area contributed by atoms with Gasteiger partial charge in [-0.05, 0) is 49.5 Å². The van der Waals surface area contributed by atoms with Gasteiger partial charge in [-0.3, -0.25) is 9.59 Å². The van der Waals surface area contributed by atoms with E-state index >= 15 is 0 Å². The Balaban J connectivity index is 1.79. The molecule has 33 heavy (non-hydrogen) atoms. The number of hydrogen-bond donors (Lipinski definition) is 2. The van der Waals surface area contributed by atoms with Crippen LogP contribution in [-0.4, -0.2) is 46.6 Å². The largest absolute Gasteiger partial charge is 0.462 e. The van der Waals surface area contributed by atoms with Gasteiger partial charge in [0.15, 0.2) is 0 Å². The van der Waals surface area contributed by atoms with E-state index < -0.39 is 17.6 Å². The van der Waals surface area contributed by atoms with Gasteiger partial charge in [0.05, 0.1) is 24.0 Å². The SMILES string of the molecule is CCCC(CC)(CC)C(=O)O[C@H]1C[C@H](O)C=C2C=CC[C@@H]([C@@H](C)C[C@@H]3C[C@@H](O)CC(=O)O3)[C@H]21. The fourth-order valence-electron chi connectivity index (χ4n) is 6.24. The number of hydrogen-bond acceptors (Lipinski definition) is 6. The molecule has 186 valence electrons. The molecule has 1 aliphatic heterocycles. The molecule has 1 heterocycles. The van der Waals surface area contributed by atoms with Crippen molar-refractivity contribution in [1.29, 1.82) is 0 Å². The normalized spacial score (nSPS) is 33.0. The van der Waals surface area contributed by atoms with E-state index in [1.54, 1.807) is 0 Å². The molecule has 3 rings (SSSR count). The van der Waals surface area contributed by atoms with Crippen molar-refractivity contribution in [2.75, 3.05) is 0 Å². The zero-order valence-electron chi connectivity index (χ0n) is 20.7. The summed E-state index contributed by atoms with van der Waals surface area (Å²) in [4.78, 5) is 25.2. The molecule has 0 saturated carbocycles. The minimum atomic E-state index is -0.640. The zero-order chi connectivity index (χ0) is 24.2. The standard InChI is InChI=1S/C27H42O6/c1-5-11-27(6-2,7-3)26(31)33-23-15-19(28)13-18-9-8-10-22(25(18)23)17(4)12-21-14-20(29)16-24(30)32-21/h8-9,13,17,19-23,25,28-29H,5-7,10-12,14-16H2,1-4H3/t17-,19+,20+,21+,22-,23-,25-/m0/s1. The highest BCUT2D eigenvalue weighted by Gasteiger charge is 2.45. The summed E-state index contributed by atoms with van der Waals surface area (Å²) in [6.45, 7) is 8.35. The molecule has 0 aromatic heterocycles. The Bertz CT molecular complexity index is 752. The molecule has 0 radical (unpaired) electrons. The number of carbonyl (C=O) groups is 2. The number of carbonyl (C=O) groups excluding carboxylic acids is 2. The molecule has 0 amide bonds. The summed E-state index contributed by atoms with van der Waals surface area (Å²) < 4.78 is 11.7. The van der Waals surface area contributed by atoms with E-state index in [-0.39, 0.29) is 48.3 Å². The van der Waals surface area contributed by atoms with Crippen LogP contribution in [0.4, 0.5) is 0 Å². The van der Waals surface area contributed by atoms with E-state index in [1.165, 1.54) is 0 Å². The molecule has 0 spiro atoms. The van der Waals surface area contributed by atoms with E-state index in [2.05, 4.69) is 39.8 Å². The molecule has 2 aliphatic carbocycles. The molecule has 0 aromatic carbocycles. The van der Waals surface area contributed by atoms with Gasteiger partial charge in [0, 0.05) is 18.8 Å². The van der Waals surface area contributed by atoms with Crippen LogP contribution in [0.2, 0.25) is 0 Å². The van der Waals surface area contributed by atoms with Crippen LogP contribution in [0.15, 0.2) is 23.8 Å². The van der Waals surface area contributed by atoms with Crippen molar-refractivity contribution in [3.63, 3.8) is 0 Å². The third-order valence-electron chi connectivity index (χ3n) is 8.20. The third-order valence-corrected chi connectivity index (χ3v) is 8.20. The highest BCUT2D eigenvalue weighted by atomic mass is 16.6. The topological polar surface area (TPSA) is 93.1 Å². The molecule has 3 aliphatic rings. The van der Waals surface area contributed by atoms with Crippen molar-refractivity contribution in [3.8, 4) is 0 Å². The van der Waals surface area contributed by atoms with Gasteiger partial charge in [0.2, 0.25) is 0 Å². The molecule has 0 unspecified atom stereocenters. The van der Waals surface area contributed by atoms with Crippen LogP contribution in [0.1, 0.15) is 85.5 Å². The van der Waals surface area contributed by atoms with Gasteiger partial charge in [-0.25, -0.2) is 0 Å². The fourth-order valence-corrected chi connectivity index (χ4v) is 6.24. The molecule has 0 bridgehead atoms. The molecule has 7 atom stereocenters. The highest BCUT2D eigenvalue weighted by Crippen LogP contribution is 2.45. The second-order valence-corrected chi connectivity index (χ2v) is 10.4. The van der Waals surface area contributed by atoms with E-state index in [9.17, 15) is 19.8 Å². The fraction of sp³-hybridized carbons (Fsp3) is 0.778. The van der Waals surface area contributed by atoms with Crippen LogP contribution in [0.5, 0.6) is 0 Å². The van der Waals surface area contributed by atoms with Crippen molar-refractivity contribution in [3.05, 3.63) is 23.8 Å². The summed E-state index contributed by atoms with van der Waals surface area (Å²) >= 11 is 0. The van der Waals surface area contributed by atoms with E-state index in [4.69, 9.17) is 9.47 Å². The smallest absolute Gasteiger partial charge is 0.312 e. The number of aliphatic hydroxyl groups is 2. The highest BCUT2D eigenvalue weighted by molar-refractivity contribution is 5.77. The van der Waals surface area contributed by atoms with Crippen molar-refractivity contribution in [2.45, 2.75) is 110 Å². The van der Waals surface area contributed by atoms with Crippen molar-refractivity contribution >= 4 is 11.9 Å². The van der Waals surface area contributed by atoms with Gasteiger partial charge in [-0.2, -0.15) is 0 Å². The Morgan fingerprint density at radius 3 is 2.61 bits per heavy atom. The molecule has 0 aromatic rings. The maximum atomic E-state index is 13.4. The molecule has 6 heteroatoms. The third kappa shape index (κ3) is 5.89. The predicted octanol–water partition coefficient (Wildman–Crippen LogP) is 4.48. The summed E-state index contributed by atoms with van der Waals surface area (Å²) in [5.74, 6) is -0.0736. The number of aliphatic hydroxyl groups excluding tert-OH is 2. The number of esters is 2. The first-order valence-electron chi connectivity index (χ1n) is 12.9. The number of cyclic esters (lactones) is 1. The van der Waals surface area contributed by atoms with Crippen LogP contribution in [0.25, 0.3) is 0 Å². The van der Waals surface area contributed by atoms with Gasteiger partial charge in [-0.15, -0.1) is 0 Å². The zero-order valence-corrected chi connectivity index (χ0v) is 20.7. The average Bonchev–Trinajstić information content (AvgIpc) is 2.76. The number of fused-ring (bicyclic) bond motifs is 1. The van der Waals surface area contributed by atoms with Gasteiger partial charge in [-0.1, -0.05) is 52.3 Å². The summed E-state index contributed by atoms with van der Waals surface area (Å²) in [6, 6.07) is 0. The maximum Gasteiger partial charge on any atom is 0.312 e. The lowest BCUT2D eigenvalue weighted by Gasteiger charge is -2.44. The Kier molecular flexibility index (Phi) is 8.79. The van der Waals surface area contributed by atoms with Gasteiger partial charge in [0.25, 0.3) is 0 Å². The summed E-state index contributed by atoms with van der Waals surface area (Å²) in [5, 5.41) is 20.5. The maximum absolute atomic E-state index is 13.4. The van der Waals surface area contributed by atoms with Crippen LogP contribution in [0, 0.1) is 23.2 Å². The minimum absolute atomic E-state index is 0.00889. The van der Waals surface area contributed by atoms with Gasteiger partial charge < -0.3 is 19.7 Å². The van der Waals surface area contributed by atoms with Gasteiger partial charge in [0.1, 0.15) is 12.2 Å². The molecule has 1 saturated heterocycles. The molecular formula is C27H42O6. The van der Waals surface area contributed by atoms with Crippen LogP contribution in [-0.2, 0) is 19.1 Å². The summed E-state index contributed by atoms with van der Waals surface area (Å²) in [7, 11) is 0. The Labute approximate surface area is 198 Å². The Morgan fingerprint density at radius 2 is 1.97 bits per heavy atom. The number of allylic oxidation sites excluding steroid dienone is 2. The first-order valence-corrected chi connectivity index (χ1v) is 12.9. The van der Waals surface area contributed by atoms with E-state index in [0.717, 1.165) is 37.7 Å². The lowest BCUT2D eigenvalue weighted by atomic mass is 9.66. The Hall–Kier alpha value is -1.66. The minimum Gasteiger partial charge on any atom is -0.462 e. The molecule has 1 fully saturated rings. The molecule has 6 nitrogen and oxygen atoms in total. The second kappa shape index (κ2) is 11.2. The average molecular weight is 463 g/mol. The summed E-state index contributed by atoms with van der Waals surface area (Å²) in [6.07, 6.45) is 9.80. The Morgan fingerprint density at radius 1 is 1.24 bits per heavy atom. The summed E-state index contributed by atoms with van der Waals surface area (Å²) in [5.41, 5.74) is 0.559. The van der Waals surface area contributed by atoms with Gasteiger partial charge >= 0.3 is 11.9 Å². The van der Waals surface area contributed by atoms with E-state index in [1.807, 2.05) is 6.08 Å². The van der Waals surface area contributed by atoms with Crippen molar-refractivity contribution < 1.29 is 29.3 Å². The van der Waals surface area contributed by atoms with Crippen LogP contribution in [0.3, 0.4) is 0 Å². The van der Waals surface area contributed by atoms with E-state index in [0.29, 0.717) is 19.3 Å². The lowest BCUT2D eigenvalue weighted by Crippen LogP contribution is -2.45. The number of ether oxygens (including phenoxy) is 2.